The molecule has 3 atom stereocenters. The molecule has 2 amide bonds. The summed E-state index contributed by atoms with van der Waals surface area (Å²) in [5, 5.41) is 16.7. The van der Waals surface area contributed by atoms with E-state index in [9.17, 15) is 23.4 Å². The third-order valence-corrected chi connectivity index (χ3v) is 11.9. The molecule has 2 aromatic carbocycles. The highest BCUT2D eigenvalue weighted by molar-refractivity contribution is 7.98. The van der Waals surface area contributed by atoms with Crippen LogP contribution in [0.5, 0.6) is 0 Å². The minimum Gasteiger partial charge on any atom is -0.444 e. The Morgan fingerprint density at radius 3 is 1.54 bits per heavy atom. The summed E-state index contributed by atoms with van der Waals surface area (Å²) in [4.78, 5) is 63.5. The van der Waals surface area contributed by atoms with E-state index in [0.29, 0.717) is 82.8 Å². The average molecular weight is 923 g/mol. The molecule has 1 unspecified atom stereocenters. The summed E-state index contributed by atoms with van der Waals surface area (Å²) in [6, 6.07) is 21.6. The molecular formula is C46H54N10O7S2. The molecule has 2 N–H and O–H groups in total. The first-order valence-electron chi connectivity index (χ1n) is 21.2. The highest BCUT2D eigenvalue weighted by atomic mass is 32.2. The molecule has 0 aliphatic carbocycles. The number of fused-ring (bicyclic) bond motifs is 2. The summed E-state index contributed by atoms with van der Waals surface area (Å²) in [7, 11) is -1.36. The third kappa shape index (κ3) is 11.3. The zero-order valence-corrected chi connectivity index (χ0v) is 39.4. The molecule has 65 heavy (non-hydrogen) atoms. The van der Waals surface area contributed by atoms with Gasteiger partial charge in [0.1, 0.15) is 32.9 Å². The Morgan fingerprint density at radius 1 is 0.677 bits per heavy atom. The van der Waals surface area contributed by atoms with Crippen LogP contribution in [0.25, 0.3) is 11.3 Å². The number of nitrogens with one attached hydrogen (secondary N) is 2. The number of hydrogen-bond donors (Lipinski definition) is 2. The zero-order valence-electron chi connectivity index (χ0n) is 37.7. The van der Waals surface area contributed by atoms with Crippen molar-refractivity contribution in [2.45, 2.75) is 87.7 Å². The van der Waals surface area contributed by atoms with E-state index in [1.807, 2.05) is 78.1 Å². The molecule has 6 heterocycles. The van der Waals surface area contributed by atoms with Gasteiger partial charge in [-0.15, -0.1) is 11.8 Å². The number of nitrogens with zero attached hydrogens (tertiary/aromatic N) is 8. The number of aromatic nitrogens is 6. The van der Waals surface area contributed by atoms with Crippen molar-refractivity contribution in [3.05, 3.63) is 107 Å². The minimum absolute atomic E-state index is 0.0448. The second-order valence-electron chi connectivity index (χ2n) is 17.7. The number of anilines is 2. The molecule has 0 spiro atoms. The fourth-order valence-electron chi connectivity index (χ4n) is 7.34. The number of carbonyl (C=O) groups excluding carboxylic acids is 4. The van der Waals surface area contributed by atoms with Crippen LogP contribution in [0.2, 0.25) is 0 Å². The van der Waals surface area contributed by atoms with Gasteiger partial charge >= 0.3 is 12.2 Å². The Morgan fingerprint density at radius 2 is 1.11 bits per heavy atom. The topological polar surface area (TPSA) is 195 Å². The van der Waals surface area contributed by atoms with Gasteiger partial charge in [0.25, 0.3) is 0 Å². The van der Waals surface area contributed by atoms with Gasteiger partial charge in [0.15, 0.2) is 22.9 Å². The van der Waals surface area contributed by atoms with E-state index < -0.39 is 22.0 Å². The average Bonchev–Trinajstić information content (AvgIpc) is 4.10. The van der Waals surface area contributed by atoms with Crippen LogP contribution in [0.15, 0.2) is 95.2 Å². The first-order chi connectivity index (χ1) is 30.9. The van der Waals surface area contributed by atoms with Crippen molar-refractivity contribution in [1.82, 2.24) is 39.0 Å². The Labute approximate surface area is 384 Å². The van der Waals surface area contributed by atoms with E-state index in [2.05, 4.69) is 25.8 Å². The standard InChI is InChI=1S/C23H27N5O4S.C23H27N5O3S/c1-23(2,3)32-22(30)27-11-10-16(14-27)25-18-12-19(33(4)31)28-21(26-18)17(13-24-28)20(29)15-8-6-5-7-9-15;1-23(2,3)31-22(30)27-11-10-16(14-27)25-18-12-19(32-4)28-21(26-18)17(13-24-28)20(29)15-8-6-5-7-9-15/h5-9,12-13,16H,10-11,14H2,1-4H3,(H,25,26);5-9,12-13,16H,10-11,14H2,1-4H3,(H,25,26)/t16-,33?;16-/m00/s1. The predicted octanol–water partition coefficient (Wildman–Crippen LogP) is 7.22. The molecule has 6 aromatic rings. The van der Waals surface area contributed by atoms with Gasteiger partial charge in [-0.2, -0.15) is 10.2 Å². The van der Waals surface area contributed by atoms with Crippen LogP contribution in [0.1, 0.15) is 86.2 Å². The molecule has 2 aliphatic rings. The second-order valence-corrected chi connectivity index (χ2v) is 19.9. The van der Waals surface area contributed by atoms with E-state index in [1.165, 1.54) is 22.5 Å². The molecular weight excluding hydrogens is 869 g/mol. The van der Waals surface area contributed by atoms with Gasteiger partial charge in [-0.1, -0.05) is 60.7 Å². The molecule has 2 saturated heterocycles. The van der Waals surface area contributed by atoms with Gasteiger partial charge in [0.2, 0.25) is 0 Å². The van der Waals surface area contributed by atoms with Gasteiger partial charge in [-0.3, -0.25) is 13.8 Å². The molecule has 19 heteroatoms. The van der Waals surface area contributed by atoms with Crippen molar-refractivity contribution >= 4 is 69.2 Å². The monoisotopic (exact) mass is 922 g/mol. The van der Waals surface area contributed by atoms with Gasteiger partial charge in [-0.05, 0) is 60.6 Å². The maximum Gasteiger partial charge on any atom is 0.410 e. The van der Waals surface area contributed by atoms with Crippen molar-refractivity contribution in [3.8, 4) is 0 Å². The first-order valence-corrected chi connectivity index (χ1v) is 24.0. The number of carbonyl (C=O) groups is 4. The summed E-state index contributed by atoms with van der Waals surface area (Å²) >= 11 is 1.53. The van der Waals surface area contributed by atoms with E-state index in [0.717, 1.165) is 11.4 Å². The summed E-state index contributed by atoms with van der Waals surface area (Å²) in [6.45, 7) is 13.3. The SMILES string of the molecule is CS(=O)c1cc(N[C@H]2CCN(C(=O)OC(C)(C)C)C2)nc2c(C(=O)c3ccccc3)cnn12.CSc1cc(N[C@H]2CCN(C(=O)OC(C)(C)C)C2)nc2c(C(=O)c3ccccc3)cnn12. The van der Waals surface area contributed by atoms with E-state index >= 15 is 0 Å². The molecule has 342 valence electrons. The Kier molecular flexibility index (Phi) is 13.9. The van der Waals surface area contributed by atoms with Gasteiger partial charge < -0.3 is 29.9 Å². The largest absolute Gasteiger partial charge is 0.444 e. The van der Waals surface area contributed by atoms with E-state index in [-0.39, 0.29) is 35.8 Å². The lowest BCUT2D eigenvalue weighted by atomic mass is 10.1. The molecule has 4 aromatic heterocycles. The fraction of sp³-hybridized carbons (Fsp3) is 0.391. The van der Waals surface area contributed by atoms with Crippen LogP contribution in [0.4, 0.5) is 21.2 Å². The van der Waals surface area contributed by atoms with Crippen molar-refractivity contribution in [2.75, 3.05) is 49.3 Å². The summed E-state index contributed by atoms with van der Waals surface area (Å²) < 4.78 is 26.5. The lowest BCUT2D eigenvalue weighted by Gasteiger charge is -2.24. The molecule has 0 radical (unpaired) electrons. The number of benzene rings is 2. The van der Waals surface area contributed by atoms with Crippen LogP contribution < -0.4 is 10.6 Å². The molecule has 2 fully saturated rings. The number of thioether (sulfide) groups is 1. The van der Waals surface area contributed by atoms with Crippen molar-refractivity contribution in [2.24, 2.45) is 0 Å². The molecule has 0 bridgehead atoms. The maximum absolute atomic E-state index is 13.0. The van der Waals surface area contributed by atoms with E-state index in [1.54, 1.807) is 69.2 Å². The van der Waals surface area contributed by atoms with Crippen LogP contribution in [-0.4, -0.2) is 129 Å². The molecule has 8 rings (SSSR count). The fourth-order valence-corrected chi connectivity index (χ4v) is 8.53. The molecule has 2 aliphatic heterocycles. The van der Waals surface area contributed by atoms with Gasteiger partial charge in [0.05, 0.1) is 34.3 Å². The van der Waals surface area contributed by atoms with Crippen molar-refractivity contribution < 1.29 is 32.9 Å². The van der Waals surface area contributed by atoms with Crippen molar-refractivity contribution in [3.63, 3.8) is 0 Å². The lowest BCUT2D eigenvalue weighted by Crippen LogP contribution is -2.36. The normalized spacial score (nSPS) is 16.8. The highest BCUT2D eigenvalue weighted by Crippen LogP contribution is 2.27. The number of ether oxygens (including phenoxy) is 2. The Balaban J connectivity index is 0.000000194. The molecule has 0 saturated carbocycles. The third-order valence-electron chi connectivity index (χ3n) is 10.3. The molecule has 17 nitrogen and oxygen atoms in total. The predicted molar refractivity (Wildman–Crippen MR) is 250 cm³/mol. The quantitative estimate of drug-likeness (QED) is 0.0794. The second kappa shape index (κ2) is 19.4. The Hall–Kier alpha value is -6.34. The number of likely N-dealkylation sites (tertiary alicyclic amines) is 2. The zero-order chi connectivity index (χ0) is 46.6. The van der Waals surface area contributed by atoms with Gasteiger partial charge in [-0.25, -0.2) is 28.6 Å². The summed E-state index contributed by atoms with van der Waals surface area (Å²) in [6.07, 6.45) is 7.39. The number of rotatable bonds is 10. The first kappa shape index (κ1) is 46.6. The summed E-state index contributed by atoms with van der Waals surface area (Å²) in [5.41, 5.74) is 1.67. The lowest BCUT2D eigenvalue weighted by molar-refractivity contribution is 0.0283. The summed E-state index contributed by atoms with van der Waals surface area (Å²) in [5.74, 6) is 0.807. The van der Waals surface area contributed by atoms with Crippen LogP contribution in [-0.2, 0) is 20.3 Å². The van der Waals surface area contributed by atoms with Crippen molar-refractivity contribution in [1.29, 1.82) is 0 Å². The highest BCUT2D eigenvalue weighted by Gasteiger charge is 2.32. The van der Waals surface area contributed by atoms with Crippen LogP contribution in [0, 0.1) is 0 Å². The van der Waals surface area contributed by atoms with E-state index in [4.69, 9.17) is 14.5 Å². The number of ketones is 2. The van der Waals surface area contributed by atoms with Gasteiger partial charge in [0, 0.05) is 67.8 Å². The maximum atomic E-state index is 13.0. The Bertz CT molecular complexity index is 2730. The minimum atomic E-state index is -1.36. The number of amides is 2. The van der Waals surface area contributed by atoms with Crippen LogP contribution in [0.3, 0.4) is 0 Å². The van der Waals surface area contributed by atoms with Crippen LogP contribution >= 0.6 is 11.8 Å². The number of hydrogen-bond acceptors (Lipinski definition) is 14. The smallest absolute Gasteiger partial charge is 0.410 e.